The van der Waals surface area contributed by atoms with Crippen LogP contribution in [0.15, 0.2) is 24.3 Å². The van der Waals surface area contributed by atoms with Gasteiger partial charge < -0.3 is 10.2 Å². The molecule has 0 spiro atoms. The highest BCUT2D eigenvalue weighted by atomic mass is 15.1. The summed E-state index contributed by atoms with van der Waals surface area (Å²) in [5.74, 6) is 0.591. The quantitative estimate of drug-likeness (QED) is 0.742. The molecule has 116 valence electrons. The third-order valence-electron chi connectivity index (χ3n) is 3.54. The Hall–Kier alpha value is -1.53. The first-order valence-corrected chi connectivity index (χ1v) is 8.03. The lowest BCUT2D eigenvalue weighted by molar-refractivity contribution is 0.570. The van der Waals surface area contributed by atoms with Crippen molar-refractivity contribution in [2.24, 2.45) is 5.92 Å². The summed E-state index contributed by atoms with van der Waals surface area (Å²) in [6.45, 7) is 11.6. The van der Waals surface area contributed by atoms with Crippen molar-refractivity contribution in [3.8, 4) is 6.07 Å². The minimum atomic E-state index is 0.386. The number of nitrogens with one attached hydrogen (secondary N) is 1. The summed E-state index contributed by atoms with van der Waals surface area (Å²) in [4.78, 5) is 2.31. The zero-order valence-electron chi connectivity index (χ0n) is 13.9. The van der Waals surface area contributed by atoms with Gasteiger partial charge in [-0.05, 0) is 43.5 Å². The SMILES string of the molecule is CCCNC(C)c1ccc(N(CCC#N)CC(C)C)cc1. The Balaban J connectivity index is 2.74. The average molecular weight is 287 g/mol. The van der Waals surface area contributed by atoms with Crippen LogP contribution in [0.1, 0.15) is 52.1 Å². The molecule has 0 aromatic heterocycles. The molecule has 1 aromatic rings. The summed E-state index contributed by atoms with van der Waals surface area (Å²) >= 11 is 0. The van der Waals surface area contributed by atoms with Crippen LogP contribution < -0.4 is 10.2 Å². The summed E-state index contributed by atoms with van der Waals surface area (Å²) < 4.78 is 0. The topological polar surface area (TPSA) is 39.1 Å². The van der Waals surface area contributed by atoms with E-state index < -0.39 is 0 Å². The van der Waals surface area contributed by atoms with Crippen molar-refractivity contribution in [1.82, 2.24) is 5.32 Å². The molecule has 0 heterocycles. The fourth-order valence-electron chi connectivity index (χ4n) is 2.40. The van der Waals surface area contributed by atoms with Gasteiger partial charge in [0.05, 0.1) is 12.5 Å². The molecular weight excluding hydrogens is 258 g/mol. The van der Waals surface area contributed by atoms with Crippen molar-refractivity contribution < 1.29 is 0 Å². The summed E-state index contributed by atoms with van der Waals surface area (Å²) in [5.41, 5.74) is 2.53. The number of hydrogen-bond acceptors (Lipinski definition) is 3. The van der Waals surface area contributed by atoms with Gasteiger partial charge in [0.15, 0.2) is 0 Å². The van der Waals surface area contributed by atoms with Gasteiger partial charge in [-0.1, -0.05) is 32.9 Å². The second kappa shape index (κ2) is 9.41. The molecule has 0 aliphatic rings. The first-order valence-electron chi connectivity index (χ1n) is 8.03. The molecule has 1 aromatic carbocycles. The molecular formula is C18H29N3. The Labute approximate surface area is 130 Å². The lowest BCUT2D eigenvalue weighted by atomic mass is 10.1. The van der Waals surface area contributed by atoms with E-state index in [2.05, 4.69) is 68.2 Å². The Morgan fingerprint density at radius 1 is 1.19 bits per heavy atom. The average Bonchev–Trinajstić information content (AvgIpc) is 2.49. The van der Waals surface area contributed by atoms with E-state index in [1.54, 1.807) is 0 Å². The van der Waals surface area contributed by atoms with Crippen molar-refractivity contribution in [3.05, 3.63) is 29.8 Å². The molecule has 0 aliphatic carbocycles. The molecule has 0 bridgehead atoms. The van der Waals surface area contributed by atoms with Crippen molar-refractivity contribution >= 4 is 5.69 Å². The Kier molecular flexibility index (Phi) is 7.85. The Morgan fingerprint density at radius 3 is 2.38 bits per heavy atom. The van der Waals surface area contributed by atoms with Gasteiger partial charge in [0.1, 0.15) is 0 Å². The monoisotopic (exact) mass is 287 g/mol. The van der Waals surface area contributed by atoms with Crippen LogP contribution in [-0.4, -0.2) is 19.6 Å². The number of nitriles is 1. The minimum Gasteiger partial charge on any atom is -0.370 e. The maximum absolute atomic E-state index is 8.81. The van der Waals surface area contributed by atoms with Crippen molar-refractivity contribution in [2.45, 2.75) is 46.6 Å². The molecule has 0 fully saturated rings. The van der Waals surface area contributed by atoms with E-state index in [9.17, 15) is 0 Å². The van der Waals surface area contributed by atoms with Gasteiger partial charge in [0.25, 0.3) is 0 Å². The molecule has 0 radical (unpaired) electrons. The van der Waals surface area contributed by atoms with Gasteiger partial charge in [-0.2, -0.15) is 5.26 Å². The second-order valence-electron chi connectivity index (χ2n) is 6.02. The largest absolute Gasteiger partial charge is 0.370 e. The molecule has 3 heteroatoms. The molecule has 3 nitrogen and oxygen atoms in total. The van der Waals surface area contributed by atoms with Gasteiger partial charge in [0.2, 0.25) is 0 Å². The van der Waals surface area contributed by atoms with Crippen LogP contribution in [0.5, 0.6) is 0 Å². The highest BCUT2D eigenvalue weighted by Gasteiger charge is 2.10. The first-order chi connectivity index (χ1) is 10.1. The zero-order chi connectivity index (χ0) is 15.7. The van der Waals surface area contributed by atoms with Crippen LogP contribution in [0.4, 0.5) is 5.69 Å². The molecule has 1 N–H and O–H groups in total. The van der Waals surface area contributed by atoms with Gasteiger partial charge in [-0.3, -0.25) is 0 Å². The van der Waals surface area contributed by atoms with E-state index in [-0.39, 0.29) is 0 Å². The predicted octanol–water partition coefficient (Wildman–Crippen LogP) is 4.12. The maximum atomic E-state index is 8.81. The standard InChI is InChI=1S/C18H29N3/c1-5-12-20-16(4)17-7-9-18(10-8-17)21(13-6-11-19)14-15(2)3/h7-10,15-16,20H,5-6,12-14H2,1-4H3. The smallest absolute Gasteiger partial charge is 0.0640 e. The maximum Gasteiger partial charge on any atom is 0.0640 e. The molecule has 0 saturated carbocycles. The van der Waals surface area contributed by atoms with Crippen molar-refractivity contribution in [3.63, 3.8) is 0 Å². The zero-order valence-corrected chi connectivity index (χ0v) is 13.9. The number of anilines is 1. The predicted molar refractivity (Wildman–Crippen MR) is 90.4 cm³/mol. The summed E-state index contributed by atoms with van der Waals surface area (Å²) in [7, 11) is 0. The summed E-state index contributed by atoms with van der Waals surface area (Å²) in [5, 5.41) is 12.3. The van der Waals surface area contributed by atoms with E-state index in [0.717, 1.165) is 26.1 Å². The van der Waals surface area contributed by atoms with Gasteiger partial charge in [-0.25, -0.2) is 0 Å². The second-order valence-corrected chi connectivity index (χ2v) is 6.02. The lowest BCUT2D eigenvalue weighted by Gasteiger charge is -2.26. The summed E-state index contributed by atoms with van der Waals surface area (Å²) in [6.07, 6.45) is 1.72. The molecule has 0 saturated heterocycles. The Bertz CT molecular complexity index is 431. The lowest BCUT2D eigenvalue weighted by Crippen LogP contribution is -2.28. The molecule has 1 rings (SSSR count). The van der Waals surface area contributed by atoms with Gasteiger partial charge in [0, 0.05) is 24.8 Å². The fraction of sp³-hybridized carbons (Fsp3) is 0.611. The highest BCUT2D eigenvalue weighted by Crippen LogP contribution is 2.20. The van der Waals surface area contributed by atoms with Crippen molar-refractivity contribution in [2.75, 3.05) is 24.5 Å². The molecule has 0 aliphatic heterocycles. The number of hydrogen-bond donors (Lipinski definition) is 1. The first kappa shape index (κ1) is 17.5. The van der Waals surface area contributed by atoms with Crippen molar-refractivity contribution in [1.29, 1.82) is 5.26 Å². The Morgan fingerprint density at radius 2 is 1.86 bits per heavy atom. The van der Waals surface area contributed by atoms with Crippen LogP contribution >= 0.6 is 0 Å². The highest BCUT2D eigenvalue weighted by molar-refractivity contribution is 5.48. The molecule has 1 unspecified atom stereocenters. The van der Waals surface area contributed by atoms with E-state index >= 15 is 0 Å². The van der Waals surface area contributed by atoms with E-state index in [0.29, 0.717) is 18.4 Å². The van der Waals surface area contributed by atoms with Gasteiger partial charge >= 0.3 is 0 Å². The van der Waals surface area contributed by atoms with Crippen LogP contribution in [-0.2, 0) is 0 Å². The van der Waals surface area contributed by atoms with E-state index in [4.69, 9.17) is 5.26 Å². The fourth-order valence-corrected chi connectivity index (χ4v) is 2.40. The number of nitrogens with zero attached hydrogens (tertiary/aromatic N) is 2. The van der Waals surface area contributed by atoms with Crippen LogP contribution in [0, 0.1) is 17.2 Å². The minimum absolute atomic E-state index is 0.386. The molecule has 0 amide bonds. The third kappa shape index (κ3) is 6.18. The van der Waals surface area contributed by atoms with Crippen LogP contribution in [0.3, 0.4) is 0 Å². The third-order valence-corrected chi connectivity index (χ3v) is 3.54. The van der Waals surface area contributed by atoms with E-state index in [1.165, 1.54) is 11.3 Å². The normalized spacial score (nSPS) is 12.2. The van der Waals surface area contributed by atoms with Crippen LogP contribution in [0.25, 0.3) is 0 Å². The van der Waals surface area contributed by atoms with Gasteiger partial charge in [-0.15, -0.1) is 0 Å². The molecule has 1 atom stereocenters. The van der Waals surface area contributed by atoms with E-state index in [1.807, 2.05) is 0 Å². The van der Waals surface area contributed by atoms with Crippen LogP contribution in [0.2, 0.25) is 0 Å². The summed E-state index contributed by atoms with van der Waals surface area (Å²) in [6, 6.07) is 11.4. The number of rotatable bonds is 9. The number of benzene rings is 1. The molecule has 21 heavy (non-hydrogen) atoms.